The van der Waals surface area contributed by atoms with Crippen molar-refractivity contribution in [1.29, 1.82) is 0 Å². The average molecular weight is 277 g/mol. The molecule has 1 heterocycles. The van der Waals surface area contributed by atoms with Gasteiger partial charge in [0.1, 0.15) is 5.60 Å². The number of nitrogens with zero attached hydrogens (tertiary/aromatic N) is 1. The summed E-state index contributed by atoms with van der Waals surface area (Å²) in [5.74, 6) is 0. The first-order chi connectivity index (χ1) is 9.33. The molecule has 0 aromatic heterocycles. The topological polar surface area (TPSA) is 67.6 Å². The highest BCUT2D eigenvalue weighted by Crippen LogP contribution is 2.21. The number of amides is 1. The molecule has 5 nitrogen and oxygen atoms in total. The van der Waals surface area contributed by atoms with Gasteiger partial charge >= 0.3 is 6.09 Å². The summed E-state index contributed by atoms with van der Waals surface area (Å²) in [6.07, 6.45) is 0.575. The molecule has 0 spiro atoms. The zero-order valence-electron chi connectivity index (χ0n) is 12.3. The van der Waals surface area contributed by atoms with Gasteiger partial charge in [-0.2, -0.15) is 0 Å². The summed E-state index contributed by atoms with van der Waals surface area (Å²) < 4.78 is 5.27. The molecule has 1 aliphatic rings. The van der Waals surface area contributed by atoms with Gasteiger partial charge in [-0.3, -0.25) is 0 Å². The standard InChI is InChI=1S/C15H23N3O2/c1-15(2,3)20-14(19)17-12-8-9-18(10-12)13-6-4-11(16)5-7-13/h4-7,12H,8-10,16H2,1-3H3,(H,17,19). The first-order valence-corrected chi connectivity index (χ1v) is 6.93. The van der Waals surface area contributed by atoms with E-state index in [1.54, 1.807) is 0 Å². The van der Waals surface area contributed by atoms with E-state index in [1.807, 2.05) is 45.0 Å². The molecular formula is C15H23N3O2. The molecule has 0 aliphatic carbocycles. The Balaban J connectivity index is 1.86. The SMILES string of the molecule is CC(C)(C)OC(=O)NC1CCN(c2ccc(N)cc2)C1. The molecule has 1 fully saturated rings. The molecule has 1 amide bonds. The molecule has 0 bridgehead atoms. The molecule has 0 saturated carbocycles. The van der Waals surface area contributed by atoms with E-state index in [4.69, 9.17) is 10.5 Å². The van der Waals surface area contributed by atoms with Crippen LogP contribution in [-0.4, -0.2) is 30.8 Å². The van der Waals surface area contributed by atoms with Crippen molar-refractivity contribution in [2.24, 2.45) is 0 Å². The van der Waals surface area contributed by atoms with E-state index in [1.165, 1.54) is 0 Å². The van der Waals surface area contributed by atoms with Crippen LogP contribution in [0.15, 0.2) is 24.3 Å². The third-order valence-corrected chi connectivity index (χ3v) is 3.17. The zero-order chi connectivity index (χ0) is 14.8. The molecular weight excluding hydrogens is 254 g/mol. The highest BCUT2D eigenvalue weighted by atomic mass is 16.6. The van der Waals surface area contributed by atoms with E-state index >= 15 is 0 Å². The lowest BCUT2D eigenvalue weighted by Gasteiger charge is -2.22. The van der Waals surface area contributed by atoms with Crippen LogP contribution in [-0.2, 0) is 4.74 Å². The van der Waals surface area contributed by atoms with Gasteiger partial charge in [0.25, 0.3) is 0 Å². The molecule has 1 aliphatic heterocycles. The van der Waals surface area contributed by atoms with E-state index in [0.29, 0.717) is 0 Å². The number of nitrogens with one attached hydrogen (secondary N) is 1. The van der Waals surface area contributed by atoms with Crippen molar-refractivity contribution in [3.63, 3.8) is 0 Å². The van der Waals surface area contributed by atoms with Gasteiger partial charge < -0.3 is 20.7 Å². The molecule has 20 heavy (non-hydrogen) atoms. The zero-order valence-corrected chi connectivity index (χ0v) is 12.3. The maximum absolute atomic E-state index is 11.7. The Hall–Kier alpha value is -1.91. The summed E-state index contributed by atoms with van der Waals surface area (Å²) in [5, 5.41) is 2.92. The van der Waals surface area contributed by atoms with E-state index in [2.05, 4.69) is 10.2 Å². The summed E-state index contributed by atoms with van der Waals surface area (Å²) in [4.78, 5) is 14.0. The second-order valence-electron chi connectivity index (χ2n) is 6.17. The highest BCUT2D eigenvalue weighted by Gasteiger charge is 2.26. The van der Waals surface area contributed by atoms with Crippen LogP contribution in [0.5, 0.6) is 0 Å². The van der Waals surface area contributed by atoms with E-state index < -0.39 is 5.60 Å². The summed E-state index contributed by atoms with van der Waals surface area (Å²) in [6, 6.07) is 7.92. The van der Waals surface area contributed by atoms with Crippen LogP contribution < -0.4 is 16.0 Å². The van der Waals surface area contributed by atoms with Crippen LogP contribution in [0.2, 0.25) is 0 Å². The Morgan fingerprint density at radius 2 is 2.00 bits per heavy atom. The molecule has 0 radical (unpaired) electrons. The molecule has 1 aromatic carbocycles. The van der Waals surface area contributed by atoms with Gasteiger partial charge in [0.05, 0.1) is 6.04 Å². The lowest BCUT2D eigenvalue weighted by atomic mass is 10.2. The highest BCUT2D eigenvalue weighted by molar-refractivity contribution is 5.68. The maximum Gasteiger partial charge on any atom is 0.407 e. The third-order valence-electron chi connectivity index (χ3n) is 3.17. The quantitative estimate of drug-likeness (QED) is 0.814. The number of nitrogens with two attached hydrogens (primary N) is 1. The summed E-state index contributed by atoms with van der Waals surface area (Å²) >= 11 is 0. The molecule has 5 heteroatoms. The van der Waals surface area contributed by atoms with E-state index in [9.17, 15) is 4.79 Å². The third kappa shape index (κ3) is 4.05. The summed E-state index contributed by atoms with van der Waals surface area (Å²) in [6.45, 7) is 7.30. The van der Waals surface area contributed by atoms with Gasteiger partial charge in [-0.05, 0) is 51.5 Å². The normalized spacial score (nSPS) is 18.9. The second kappa shape index (κ2) is 5.61. The first-order valence-electron chi connectivity index (χ1n) is 6.93. The Bertz CT molecular complexity index is 465. The van der Waals surface area contributed by atoms with Crippen molar-refractivity contribution in [3.8, 4) is 0 Å². The molecule has 1 atom stereocenters. The van der Waals surface area contributed by atoms with Crippen molar-refractivity contribution >= 4 is 17.5 Å². The number of rotatable bonds is 2. The number of alkyl carbamates (subject to hydrolysis) is 1. The largest absolute Gasteiger partial charge is 0.444 e. The van der Waals surface area contributed by atoms with Gasteiger partial charge in [0.15, 0.2) is 0 Å². The molecule has 110 valence electrons. The molecule has 1 aromatic rings. The predicted octanol–water partition coefficient (Wildman–Crippen LogP) is 2.37. The van der Waals surface area contributed by atoms with Crippen LogP contribution in [0, 0.1) is 0 Å². The minimum absolute atomic E-state index is 0.127. The van der Waals surface area contributed by atoms with Gasteiger partial charge in [0.2, 0.25) is 0 Å². The smallest absolute Gasteiger partial charge is 0.407 e. The lowest BCUT2D eigenvalue weighted by Crippen LogP contribution is -2.40. The monoisotopic (exact) mass is 277 g/mol. The van der Waals surface area contributed by atoms with E-state index in [0.717, 1.165) is 30.9 Å². The second-order valence-corrected chi connectivity index (χ2v) is 6.17. The molecule has 2 rings (SSSR count). The number of hydrogen-bond donors (Lipinski definition) is 2. The molecule has 1 saturated heterocycles. The van der Waals surface area contributed by atoms with Gasteiger partial charge in [-0.15, -0.1) is 0 Å². The van der Waals surface area contributed by atoms with Crippen molar-refractivity contribution in [1.82, 2.24) is 5.32 Å². The fourth-order valence-electron chi connectivity index (χ4n) is 2.27. The fraction of sp³-hybridized carbons (Fsp3) is 0.533. The first kappa shape index (κ1) is 14.5. The van der Waals surface area contributed by atoms with Crippen LogP contribution in [0.1, 0.15) is 27.2 Å². The number of benzene rings is 1. The maximum atomic E-state index is 11.7. The average Bonchev–Trinajstić information content (AvgIpc) is 2.75. The molecule has 3 N–H and O–H groups in total. The number of carbonyl (C=O) groups excluding carboxylic acids is 1. The van der Waals surface area contributed by atoms with Crippen LogP contribution in [0.25, 0.3) is 0 Å². The van der Waals surface area contributed by atoms with Gasteiger partial charge in [-0.25, -0.2) is 4.79 Å². The Kier molecular flexibility index (Phi) is 4.06. The van der Waals surface area contributed by atoms with Gasteiger partial charge in [0, 0.05) is 24.5 Å². The van der Waals surface area contributed by atoms with Gasteiger partial charge in [-0.1, -0.05) is 0 Å². The number of hydrogen-bond acceptors (Lipinski definition) is 4. The minimum Gasteiger partial charge on any atom is -0.444 e. The summed E-state index contributed by atoms with van der Waals surface area (Å²) in [5.41, 5.74) is 7.12. The Morgan fingerprint density at radius 3 is 2.60 bits per heavy atom. The Morgan fingerprint density at radius 1 is 1.35 bits per heavy atom. The molecule has 1 unspecified atom stereocenters. The number of nitrogen functional groups attached to an aromatic ring is 1. The van der Waals surface area contributed by atoms with Crippen LogP contribution >= 0.6 is 0 Å². The Labute approximate surface area is 120 Å². The van der Waals surface area contributed by atoms with Crippen molar-refractivity contribution in [3.05, 3.63) is 24.3 Å². The van der Waals surface area contributed by atoms with Crippen LogP contribution in [0.4, 0.5) is 16.2 Å². The number of anilines is 2. The number of carbonyl (C=O) groups is 1. The van der Waals surface area contributed by atoms with Crippen molar-refractivity contribution < 1.29 is 9.53 Å². The minimum atomic E-state index is -0.459. The number of ether oxygens (including phenoxy) is 1. The lowest BCUT2D eigenvalue weighted by molar-refractivity contribution is 0.0509. The predicted molar refractivity (Wildman–Crippen MR) is 80.8 cm³/mol. The van der Waals surface area contributed by atoms with Crippen molar-refractivity contribution in [2.45, 2.75) is 38.8 Å². The van der Waals surface area contributed by atoms with Crippen molar-refractivity contribution in [2.75, 3.05) is 23.7 Å². The summed E-state index contributed by atoms with van der Waals surface area (Å²) in [7, 11) is 0. The fourth-order valence-corrected chi connectivity index (χ4v) is 2.27. The van der Waals surface area contributed by atoms with E-state index in [-0.39, 0.29) is 12.1 Å². The van der Waals surface area contributed by atoms with Crippen LogP contribution in [0.3, 0.4) is 0 Å².